The molecule has 0 unspecified atom stereocenters. The van der Waals surface area contributed by atoms with Crippen molar-refractivity contribution < 1.29 is 22.3 Å². The maximum Gasteiger partial charge on any atom is 0.279 e. The molecule has 0 aliphatic carbocycles. The minimum atomic E-state index is -3.34. The van der Waals surface area contributed by atoms with E-state index >= 15 is 0 Å². The van der Waals surface area contributed by atoms with E-state index in [1.807, 2.05) is 0 Å². The van der Waals surface area contributed by atoms with E-state index < -0.39 is 15.7 Å². The third-order valence-electron chi connectivity index (χ3n) is 3.89. The molecule has 0 fully saturated rings. The smallest absolute Gasteiger partial charge is 0.279 e. The van der Waals surface area contributed by atoms with Crippen LogP contribution in [0.4, 0.5) is 4.39 Å². The summed E-state index contributed by atoms with van der Waals surface area (Å²) < 4.78 is 44.1. The molecule has 0 bridgehead atoms. The maximum absolute atomic E-state index is 13.5. The first-order valence-corrected chi connectivity index (χ1v) is 10.7. The van der Waals surface area contributed by atoms with Crippen LogP contribution in [-0.4, -0.2) is 38.9 Å². The zero-order valence-electron chi connectivity index (χ0n) is 14.7. The molecule has 6 nitrogen and oxygen atoms in total. The SMILES string of the molecule is COCCn1c(=NC(=O)c2ccc(S(C)(=O)=O)cc2)sc2cc(F)ccc21. The fourth-order valence-electron chi connectivity index (χ4n) is 2.53. The number of carbonyl (C=O) groups excluding carboxylic acids is 1. The number of halogens is 1. The van der Waals surface area contributed by atoms with Crippen LogP contribution < -0.4 is 4.80 Å². The Morgan fingerprint density at radius 2 is 1.93 bits per heavy atom. The number of amides is 1. The molecule has 0 aliphatic rings. The van der Waals surface area contributed by atoms with Crippen LogP contribution in [0.1, 0.15) is 10.4 Å². The second-order valence-electron chi connectivity index (χ2n) is 5.85. The highest BCUT2D eigenvalue weighted by Gasteiger charge is 2.12. The molecule has 1 aromatic heterocycles. The second-order valence-corrected chi connectivity index (χ2v) is 8.88. The van der Waals surface area contributed by atoms with Crippen LogP contribution >= 0.6 is 11.3 Å². The highest BCUT2D eigenvalue weighted by Crippen LogP contribution is 2.19. The van der Waals surface area contributed by atoms with Gasteiger partial charge in [0.1, 0.15) is 5.82 Å². The van der Waals surface area contributed by atoms with Crippen molar-refractivity contribution in [3.63, 3.8) is 0 Å². The Hall–Kier alpha value is -2.36. The van der Waals surface area contributed by atoms with Crippen LogP contribution in [0.2, 0.25) is 0 Å². The number of rotatable bonds is 5. The van der Waals surface area contributed by atoms with Crippen molar-refractivity contribution in [3.05, 3.63) is 58.6 Å². The first kappa shape index (κ1) is 19.4. The lowest BCUT2D eigenvalue weighted by atomic mass is 10.2. The number of sulfone groups is 1. The summed E-state index contributed by atoms with van der Waals surface area (Å²) in [6.45, 7) is 0.870. The molecule has 27 heavy (non-hydrogen) atoms. The van der Waals surface area contributed by atoms with Gasteiger partial charge in [0.25, 0.3) is 5.91 Å². The number of hydrogen-bond acceptors (Lipinski definition) is 5. The third-order valence-corrected chi connectivity index (χ3v) is 6.06. The molecule has 1 amide bonds. The zero-order chi connectivity index (χ0) is 19.6. The van der Waals surface area contributed by atoms with Crippen LogP contribution in [0.25, 0.3) is 10.2 Å². The zero-order valence-corrected chi connectivity index (χ0v) is 16.3. The Morgan fingerprint density at radius 3 is 2.56 bits per heavy atom. The molecule has 0 aliphatic heterocycles. The van der Waals surface area contributed by atoms with Gasteiger partial charge in [0.15, 0.2) is 14.6 Å². The van der Waals surface area contributed by atoms with Crippen LogP contribution in [0.3, 0.4) is 0 Å². The maximum atomic E-state index is 13.5. The number of aromatic nitrogens is 1. The lowest BCUT2D eigenvalue weighted by Crippen LogP contribution is -2.19. The van der Waals surface area contributed by atoms with Crippen molar-refractivity contribution in [1.82, 2.24) is 4.57 Å². The Balaban J connectivity index is 2.04. The van der Waals surface area contributed by atoms with Gasteiger partial charge in [-0.05, 0) is 42.5 Å². The molecule has 0 atom stereocenters. The molecule has 0 saturated heterocycles. The number of fused-ring (bicyclic) bond motifs is 1. The van der Waals surface area contributed by atoms with Gasteiger partial charge in [-0.25, -0.2) is 12.8 Å². The molecule has 0 saturated carbocycles. The summed E-state index contributed by atoms with van der Waals surface area (Å²) in [6.07, 6.45) is 1.10. The summed E-state index contributed by atoms with van der Waals surface area (Å²) in [5.41, 5.74) is 1.03. The topological polar surface area (TPSA) is 77.7 Å². The van der Waals surface area contributed by atoms with Gasteiger partial charge in [-0.1, -0.05) is 11.3 Å². The lowest BCUT2D eigenvalue weighted by molar-refractivity contribution is 0.0997. The minimum Gasteiger partial charge on any atom is -0.383 e. The van der Waals surface area contributed by atoms with Gasteiger partial charge in [-0.3, -0.25) is 4.79 Å². The fourth-order valence-corrected chi connectivity index (χ4v) is 4.24. The van der Waals surface area contributed by atoms with Gasteiger partial charge >= 0.3 is 0 Å². The van der Waals surface area contributed by atoms with E-state index in [0.717, 1.165) is 11.8 Å². The predicted octanol–water partition coefficient (Wildman–Crippen LogP) is 2.63. The van der Waals surface area contributed by atoms with E-state index in [4.69, 9.17) is 4.74 Å². The Kier molecular flexibility index (Phi) is 5.54. The molecule has 142 valence electrons. The summed E-state index contributed by atoms with van der Waals surface area (Å²) in [5, 5.41) is 0. The third kappa shape index (κ3) is 4.32. The standard InChI is InChI=1S/C18H17FN2O4S2/c1-25-10-9-21-15-8-5-13(19)11-16(15)26-18(21)20-17(22)12-3-6-14(7-4-12)27(2,23)24/h3-8,11H,9-10H2,1-2H3. The molecule has 9 heteroatoms. The van der Waals surface area contributed by atoms with Crippen molar-refractivity contribution in [2.75, 3.05) is 20.0 Å². The van der Waals surface area contributed by atoms with Crippen LogP contribution in [-0.2, 0) is 21.1 Å². The fraction of sp³-hybridized carbons (Fsp3) is 0.222. The Labute approximate surface area is 159 Å². The molecule has 0 spiro atoms. The normalized spacial score (nSPS) is 12.6. The molecule has 1 heterocycles. The second kappa shape index (κ2) is 7.71. The van der Waals surface area contributed by atoms with Gasteiger partial charge < -0.3 is 9.30 Å². The van der Waals surface area contributed by atoms with Crippen LogP contribution in [0.5, 0.6) is 0 Å². The summed E-state index contributed by atoms with van der Waals surface area (Å²) in [5.74, 6) is -0.870. The highest BCUT2D eigenvalue weighted by atomic mass is 32.2. The summed E-state index contributed by atoms with van der Waals surface area (Å²) >= 11 is 1.20. The van der Waals surface area contributed by atoms with E-state index in [1.54, 1.807) is 17.7 Å². The average molecular weight is 408 g/mol. The number of methoxy groups -OCH3 is 1. The highest BCUT2D eigenvalue weighted by molar-refractivity contribution is 7.90. The van der Waals surface area contributed by atoms with Crippen molar-refractivity contribution >= 4 is 37.3 Å². The van der Waals surface area contributed by atoms with Gasteiger partial charge in [0.2, 0.25) is 0 Å². The Bertz CT molecular complexity index is 1160. The number of benzene rings is 2. The number of carbonyl (C=O) groups is 1. The van der Waals surface area contributed by atoms with E-state index in [0.29, 0.717) is 22.7 Å². The van der Waals surface area contributed by atoms with E-state index in [-0.39, 0.29) is 16.3 Å². The van der Waals surface area contributed by atoms with Crippen molar-refractivity contribution in [2.24, 2.45) is 4.99 Å². The minimum absolute atomic E-state index is 0.131. The molecule has 3 aromatic rings. The van der Waals surface area contributed by atoms with Crippen LogP contribution in [0.15, 0.2) is 52.4 Å². The van der Waals surface area contributed by atoms with E-state index in [9.17, 15) is 17.6 Å². The van der Waals surface area contributed by atoms with E-state index in [2.05, 4.69) is 4.99 Å². The number of nitrogens with zero attached hydrogens (tertiary/aromatic N) is 2. The van der Waals surface area contributed by atoms with Gasteiger partial charge in [0.05, 0.1) is 21.7 Å². The number of thiazole rings is 1. The number of ether oxygens (including phenoxy) is 1. The quantitative estimate of drug-likeness (QED) is 0.650. The van der Waals surface area contributed by atoms with Crippen molar-refractivity contribution in [2.45, 2.75) is 11.4 Å². The molecule has 3 rings (SSSR count). The first-order chi connectivity index (χ1) is 12.8. The van der Waals surface area contributed by atoms with Crippen molar-refractivity contribution in [3.8, 4) is 0 Å². The monoisotopic (exact) mass is 408 g/mol. The van der Waals surface area contributed by atoms with E-state index in [1.165, 1.54) is 47.7 Å². The molecular weight excluding hydrogens is 391 g/mol. The predicted molar refractivity (Wildman–Crippen MR) is 101 cm³/mol. The van der Waals surface area contributed by atoms with Crippen LogP contribution in [0, 0.1) is 5.82 Å². The molecule has 0 radical (unpaired) electrons. The van der Waals surface area contributed by atoms with Gasteiger partial charge in [0, 0.05) is 25.5 Å². The molecular formula is C18H17FN2O4S2. The average Bonchev–Trinajstić information content (AvgIpc) is 2.95. The van der Waals surface area contributed by atoms with Gasteiger partial charge in [-0.15, -0.1) is 0 Å². The molecule has 0 N–H and O–H groups in total. The van der Waals surface area contributed by atoms with Crippen molar-refractivity contribution in [1.29, 1.82) is 0 Å². The lowest BCUT2D eigenvalue weighted by Gasteiger charge is -2.04. The first-order valence-electron chi connectivity index (χ1n) is 7.96. The summed E-state index contributed by atoms with van der Waals surface area (Å²) in [6, 6.07) is 9.99. The summed E-state index contributed by atoms with van der Waals surface area (Å²) in [4.78, 5) is 17.2. The number of hydrogen-bond donors (Lipinski definition) is 0. The summed E-state index contributed by atoms with van der Waals surface area (Å²) in [7, 11) is -1.77. The Morgan fingerprint density at radius 1 is 1.22 bits per heavy atom. The largest absolute Gasteiger partial charge is 0.383 e. The molecule has 2 aromatic carbocycles. The van der Waals surface area contributed by atoms with Gasteiger partial charge in [-0.2, -0.15) is 4.99 Å².